The lowest BCUT2D eigenvalue weighted by atomic mass is 10.1. The van der Waals surface area contributed by atoms with Crippen LogP contribution in [-0.4, -0.2) is 23.0 Å². The van der Waals surface area contributed by atoms with Crippen molar-refractivity contribution in [2.75, 3.05) is 13.2 Å². The van der Waals surface area contributed by atoms with Crippen molar-refractivity contribution in [1.82, 2.24) is 9.78 Å². The van der Waals surface area contributed by atoms with Crippen molar-refractivity contribution in [3.8, 4) is 0 Å². The van der Waals surface area contributed by atoms with Crippen LogP contribution in [0.1, 0.15) is 30.3 Å². The van der Waals surface area contributed by atoms with E-state index in [4.69, 9.17) is 4.74 Å². The zero-order valence-electron chi connectivity index (χ0n) is 8.92. The molecule has 0 aromatic carbocycles. The first-order valence-electron chi connectivity index (χ1n) is 5.19. The van der Waals surface area contributed by atoms with Crippen molar-refractivity contribution in [3.63, 3.8) is 0 Å². The number of aryl methyl sites for hydroxylation is 1. The molecule has 90 valence electrons. The zero-order chi connectivity index (χ0) is 11.8. The van der Waals surface area contributed by atoms with Gasteiger partial charge in [0.1, 0.15) is 0 Å². The summed E-state index contributed by atoms with van der Waals surface area (Å²) in [5.41, 5.74) is -0.254. The Kier molecular flexibility index (Phi) is 2.92. The van der Waals surface area contributed by atoms with Gasteiger partial charge in [0.25, 0.3) is 0 Å². The third kappa shape index (κ3) is 2.21. The van der Waals surface area contributed by atoms with Crippen molar-refractivity contribution < 1.29 is 17.9 Å². The fraction of sp³-hybridized carbons (Fsp3) is 0.700. The van der Waals surface area contributed by atoms with Crippen molar-refractivity contribution >= 4 is 0 Å². The molecule has 6 heteroatoms. The lowest BCUT2D eigenvalue weighted by Gasteiger charge is -2.23. The molecule has 1 aliphatic rings. The summed E-state index contributed by atoms with van der Waals surface area (Å²) < 4.78 is 44.0. The normalized spacial score (nSPS) is 19.0. The predicted molar refractivity (Wildman–Crippen MR) is 51.1 cm³/mol. The molecule has 1 aromatic heterocycles. The highest BCUT2D eigenvalue weighted by Crippen LogP contribution is 2.30. The second-order valence-electron chi connectivity index (χ2n) is 3.96. The van der Waals surface area contributed by atoms with Gasteiger partial charge in [-0.1, -0.05) is 0 Å². The van der Waals surface area contributed by atoms with Crippen LogP contribution in [0.15, 0.2) is 6.07 Å². The molecule has 0 aliphatic carbocycles. The highest BCUT2D eigenvalue weighted by molar-refractivity contribution is 5.12. The molecule has 1 aliphatic heterocycles. The van der Waals surface area contributed by atoms with Crippen LogP contribution in [0.5, 0.6) is 0 Å². The van der Waals surface area contributed by atoms with E-state index < -0.39 is 11.9 Å². The minimum atomic E-state index is -4.36. The van der Waals surface area contributed by atoms with E-state index in [2.05, 4.69) is 5.10 Å². The summed E-state index contributed by atoms with van der Waals surface area (Å²) in [7, 11) is 0. The molecular formula is C10H13F3N2O. The van der Waals surface area contributed by atoms with E-state index in [0.29, 0.717) is 18.9 Å². The van der Waals surface area contributed by atoms with E-state index in [1.165, 1.54) is 4.68 Å². The van der Waals surface area contributed by atoms with E-state index in [1.54, 1.807) is 6.92 Å². The summed E-state index contributed by atoms with van der Waals surface area (Å²) in [5, 5.41) is 3.64. The van der Waals surface area contributed by atoms with Crippen LogP contribution in [0.2, 0.25) is 0 Å². The van der Waals surface area contributed by atoms with Gasteiger partial charge in [-0.2, -0.15) is 18.3 Å². The van der Waals surface area contributed by atoms with Gasteiger partial charge >= 0.3 is 6.18 Å². The van der Waals surface area contributed by atoms with Crippen molar-refractivity contribution in [3.05, 3.63) is 17.5 Å². The van der Waals surface area contributed by atoms with Gasteiger partial charge in [-0.05, 0) is 25.8 Å². The molecule has 2 rings (SSSR count). The standard InChI is InChI=1S/C10H13F3N2O/c1-7-6-9(10(11,12)13)14-15(7)8-2-4-16-5-3-8/h6,8H,2-5H2,1H3. The summed E-state index contributed by atoms with van der Waals surface area (Å²) in [6, 6.07) is 1.12. The minimum absolute atomic E-state index is 0.0323. The molecule has 0 N–H and O–H groups in total. The summed E-state index contributed by atoms with van der Waals surface area (Å²) in [6.45, 7) is 2.83. The Morgan fingerprint density at radius 2 is 2.00 bits per heavy atom. The first-order chi connectivity index (χ1) is 7.48. The third-order valence-corrected chi connectivity index (χ3v) is 2.75. The van der Waals surface area contributed by atoms with Gasteiger partial charge in [0.15, 0.2) is 5.69 Å². The van der Waals surface area contributed by atoms with Crippen LogP contribution in [0.3, 0.4) is 0 Å². The molecule has 16 heavy (non-hydrogen) atoms. The Balaban J connectivity index is 2.24. The van der Waals surface area contributed by atoms with E-state index in [0.717, 1.165) is 18.9 Å². The smallest absolute Gasteiger partial charge is 0.381 e. The molecule has 2 heterocycles. The Hall–Kier alpha value is -1.04. The van der Waals surface area contributed by atoms with Gasteiger partial charge in [0.2, 0.25) is 0 Å². The number of rotatable bonds is 1. The van der Waals surface area contributed by atoms with Gasteiger partial charge < -0.3 is 4.74 Å². The number of hydrogen-bond acceptors (Lipinski definition) is 2. The number of alkyl halides is 3. The maximum absolute atomic E-state index is 12.4. The van der Waals surface area contributed by atoms with E-state index in [1.807, 2.05) is 0 Å². The summed E-state index contributed by atoms with van der Waals surface area (Å²) in [5.74, 6) is 0. The highest BCUT2D eigenvalue weighted by Gasteiger charge is 2.35. The Bertz CT molecular complexity index is 367. The van der Waals surface area contributed by atoms with Gasteiger partial charge in [-0.3, -0.25) is 4.68 Å². The number of nitrogens with zero attached hydrogens (tertiary/aromatic N) is 2. The first-order valence-corrected chi connectivity index (χ1v) is 5.19. The molecule has 0 unspecified atom stereocenters. The van der Waals surface area contributed by atoms with Gasteiger partial charge in [-0.25, -0.2) is 0 Å². The van der Waals surface area contributed by atoms with Crippen molar-refractivity contribution in [2.45, 2.75) is 32.0 Å². The van der Waals surface area contributed by atoms with Crippen LogP contribution in [0.4, 0.5) is 13.2 Å². The largest absolute Gasteiger partial charge is 0.435 e. The molecule has 0 bridgehead atoms. The van der Waals surface area contributed by atoms with Crippen LogP contribution < -0.4 is 0 Å². The van der Waals surface area contributed by atoms with E-state index >= 15 is 0 Å². The maximum atomic E-state index is 12.4. The molecule has 0 atom stereocenters. The second-order valence-corrected chi connectivity index (χ2v) is 3.96. The highest BCUT2D eigenvalue weighted by atomic mass is 19.4. The molecule has 0 radical (unpaired) electrons. The van der Waals surface area contributed by atoms with E-state index in [9.17, 15) is 13.2 Å². The SMILES string of the molecule is Cc1cc(C(F)(F)F)nn1C1CCOCC1. The molecule has 0 saturated carbocycles. The molecule has 1 saturated heterocycles. The van der Waals surface area contributed by atoms with Gasteiger partial charge in [-0.15, -0.1) is 0 Å². The first kappa shape index (κ1) is 11.4. The maximum Gasteiger partial charge on any atom is 0.435 e. The average Bonchev–Trinajstić information content (AvgIpc) is 2.61. The monoisotopic (exact) mass is 234 g/mol. The summed E-state index contributed by atoms with van der Waals surface area (Å²) >= 11 is 0. The number of ether oxygens (including phenoxy) is 1. The number of hydrogen-bond donors (Lipinski definition) is 0. The van der Waals surface area contributed by atoms with E-state index in [-0.39, 0.29) is 6.04 Å². The average molecular weight is 234 g/mol. The van der Waals surface area contributed by atoms with Crippen LogP contribution >= 0.6 is 0 Å². The minimum Gasteiger partial charge on any atom is -0.381 e. The lowest BCUT2D eigenvalue weighted by Crippen LogP contribution is -2.21. The van der Waals surface area contributed by atoms with Crippen molar-refractivity contribution in [2.24, 2.45) is 0 Å². The fourth-order valence-corrected chi connectivity index (χ4v) is 1.93. The molecule has 0 amide bonds. The topological polar surface area (TPSA) is 27.1 Å². The predicted octanol–water partition coefficient (Wildman–Crippen LogP) is 2.56. The van der Waals surface area contributed by atoms with Crippen molar-refractivity contribution in [1.29, 1.82) is 0 Å². The summed E-state index contributed by atoms with van der Waals surface area (Å²) in [6.07, 6.45) is -2.92. The summed E-state index contributed by atoms with van der Waals surface area (Å²) in [4.78, 5) is 0. The van der Waals surface area contributed by atoms with Crippen LogP contribution in [0.25, 0.3) is 0 Å². The van der Waals surface area contributed by atoms with Gasteiger partial charge in [0, 0.05) is 18.9 Å². The fourth-order valence-electron chi connectivity index (χ4n) is 1.93. The lowest BCUT2D eigenvalue weighted by molar-refractivity contribution is -0.141. The third-order valence-electron chi connectivity index (χ3n) is 2.75. The Labute approximate surface area is 91.2 Å². The number of aromatic nitrogens is 2. The quantitative estimate of drug-likeness (QED) is 0.746. The zero-order valence-corrected chi connectivity index (χ0v) is 8.92. The second kappa shape index (κ2) is 4.08. The van der Waals surface area contributed by atoms with Crippen LogP contribution in [-0.2, 0) is 10.9 Å². The Morgan fingerprint density at radius 3 is 2.50 bits per heavy atom. The molecule has 3 nitrogen and oxygen atoms in total. The van der Waals surface area contributed by atoms with Crippen LogP contribution in [0, 0.1) is 6.92 Å². The van der Waals surface area contributed by atoms with Gasteiger partial charge in [0.05, 0.1) is 6.04 Å². The Morgan fingerprint density at radius 1 is 1.38 bits per heavy atom. The molecule has 0 spiro atoms. The molecule has 1 aromatic rings. The number of halogens is 3. The molecular weight excluding hydrogens is 221 g/mol. The molecule has 1 fully saturated rings.